The van der Waals surface area contributed by atoms with E-state index in [4.69, 9.17) is 0 Å². The Morgan fingerprint density at radius 1 is 1.10 bits per heavy atom. The Hall–Kier alpha value is -4.27. The molecule has 7 nitrogen and oxygen atoms in total. The fourth-order valence-corrected chi connectivity index (χ4v) is 5.88. The number of nitrogens with zero attached hydrogens (tertiary/aromatic N) is 4. The van der Waals surface area contributed by atoms with Crippen LogP contribution in [0.25, 0.3) is 6.08 Å². The minimum atomic E-state index is -1.25. The van der Waals surface area contributed by atoms with Gasteiger partial charge in [-0.15, -0.1) is 0 Å². The standard InChI is InChI=1S/C30H27F2N5O2/c1-17(2)25-27(38)37(29(3,36-25)20-11-21(31)13-22(32)12-20)9-5-6-18-10-19-14-30(15-24(19)34-16-18)23-7-4-8-33-26(23)35-28(30)39/h4-8,10-13,16-17H,9,14-15H2,1-3H3,(H,33,35,39)/b6-5+/t29-,30+/m1/s1. The van der Waals surface area contributed by atoms with E-state index < -0.39 is 22.7 Å². The lowest BCUT2D eigenvalue weighted by atomic mass is 9.80. The van der Waals surface area contributed by atoms with Crippen LogP contribution in [-0.4, -0.2) is 38.9 Å². The van der Waals surface area contributed by atoms with Gasteiger partial charge in [-0.1, -0.05) is 32.1 Å². The largest absolute Gasteiger partial charge is 0.310 e. The summed E-state index contributed by atoms with van der Waals surface area (Å²) in [5.74, 6) is -1.32. The van der Waals surface area contributed by atoms with Gasteiger partial charge in [-0.2, -0.15) is 0 Å². The van der Waals surface area contributed by atoms with E-state index in [2.05, 4.69) is 20.3 Å². The summed E-state index contributed by atoms with van der Waals surface area (Å²) in [4.78, 5) is 41.4. The van der Waals surface area contributed by atoms with E-state index in [9.17, 15) is 18.4 Å². The minimum Gasteiger partial charge on any atom is -0.310 e. The number of hydrogen-bond donors (Lipinski definition) is 1. The van der Waals surface area contributed by atoms with Crippen LogP contribution < -0.4 is 5.32 Å². The van der Waals surface area contributed by atoms with Crippen LogP contribution in [0.1, 0.15) is 48.7 Å². The van der Waals surface area contributed by atoms with Crippen molar-refractivity contribution in [2.24, 2.45) is 10.9 Å². The van der Waals surface area contributed by atoms with Gasteiger partial charge in [-0.3, -0.25) is 19.6 Å². The Morgan fingerprint density at radius 2 is 1.87 bits per heavy atom. The minimum absolute atomic E-state index is 0.0622. The van der Waals surface area contributed by atoms with Crippen molar-refractivity contribution in [1.82, 2.24) is 14.9 Å². The molecule has 198 valence electrons. The van der Waals surface area contributed by atoms with Gasteiger partial charge in [0.1, 0.15) is 23.2 Å². The second kappa shape index (κ2) is 8.90. The number of anilines is 1. The van der Waals surface area contributed by atoms with Crippen molar-refractivity contribution in [2.45, 2.75) is 44.7 Å². The van der Waals surface area contributed by atoms with Gasteiger partial charge in [0.15, 0.2) is 5.66 Å². The third-order valence-corrected chi connectivity index (χ3v) is 7.91. The number of hydrogen-bond acceptors (Lipinski definition) is 5. The topological polar surface area (TPSA) is 87.6 Å². The fraction of sp³-hybridized carbons (Fsp3) is 0.300. The maximum absolute atomic E-state index is 14.1. The third-order valence-electron chi connectivity index (χ3n) is 7.91. The molecule has 0 radical (unpaired) electrons. The highest BCUT2D eigenvalue weighted by molar-refractivity contribution is 6.41. The summed E-state index contributed by atoms with van der Waals surface area (Å²) in [5.41, 5.74) is 2.28. The highest BCUT2D eigenvalue weighted by Crippen LogP contribution is 2.46. The van der Waals surface area contributed by atoms with Crippen LogP contribution in [0.4, 0.5) is 14.6 Å². The average Bonchev–Trinajstić information content (AvgIpc) is 3.49. The van der Waals surface area contributed by atoms with Gasteiger partial charge in [0.25, 0.3) is 5.91 Å². The van der Waals surface area contributed by atoms with Crippen molar-refractivity contribution in [3.8, 4) is 0 Å². The summed E-state index contributed by atoms with van der Waals surface area (Å²) in [5, 5.41) is 2.90. The molecule has 9 heteroatoms. The first-order valence-corrected chi connectivity index (χ1v) is 12.9. The second-order valence-electron chi connectivity index (χ2n) is 10.8. The smallest absolute Gasteiger partial charge is 0.270 e. The molecule has 4 heterocycles. The van der Waals surface area contributed by atoms with Crippen LogP contribution in [0.5, 0.6) is 0 Å². The zero-order valence-electron chi connectivity index (χ0n) is 21.8. The van der Waals surface area contributed by atoms with Crippen LogP contribution in [0, 0.1) is 17.6 Å². The van der Waals surface area contributed by atoms with E-state index in [1.807, 2.05) is 44.2 Å². The summed E-state index contributed by atoms with van der Waals surface area (Å²) in [6.45, 7) is 5.60. The SMILES string of the molecule is CC(C)C1=N[C@@](C)(c2cc(F)cc(F)c2)N(C/C=C/c2cnc3c(c2)C[C@@]2(C3)C(=O)Nc3ncccc32)C1=O. The van der Waals surface area contributed by atoms with E-state index in [0.29, 0.717) is 24.4 Å². The Labute approximate surface area is 224 Å². The van der Waals surface area contributed by atoms with Crippen molar-refractivity contribution in [3.63, 3.8) is 0 Å². The van der Waals surface area contributed by atoms with Crippen molar-refractivity contribution in [3.05, 3.63) is 94.5 Å². The molecule has 0 saturated carbocycles. The van der Waals surface area contributed by atoms with Crippen molar-refractivity contribution in [2.75, 3.05) is 11.9 Å². The molecule has 3 aromatic rings. The number of carbonyl (C=O) groups excluding carboxylic acids is 2. The molecule has 2 amide bonds. The Bertz CT molecular complexity index is 1580. The average molecular weight is 528 g/mol. The number of halogens is 2. The van der Waals surface area contributed by atoms with Crippen LogP contribution in [0.2, 0.25) is 0 Å². The molecule has 1 spiro atoms. The van der Waals surface area contributed by atoms with Gasteiger partial charge in [0.05, 0.1) is 5.41 Å². The summed E-state index contributed by atoms with van der Waals surface area (Å²) in [6, 6.07) is 9.02. The molecule has 3 aliphatic rings. The van der Waals surface area contributed by atoms with E-state index >= 15 is 0 Å². The van der Waals surface area contributed by atoms with Gasteiger partial charge in [0, 0.05) is 54.2 Å². The highest BCUT2D eigenvalue weighted by atomic mass is 19.1. The normalized spacial score (nSPS) is 23.6. The fourth-order valence-electron chi connectivity index (χ4n) is 5.88. The zero-order chi connectivity index (χ0) is 27.5. The number of carbonyl (C=O) groups is 2. The Kier molecular flexibility index (Phi) is 5.71. The monoisotopic (exact) mass is 527 g/mol. The number of amides is 2. The van der Waals surface area contributed by atoms with E-state index in [0.717, 1.165) is 28.5 Å². The van der Waals surface area contributed by atoms with Gasteiger partial charge in [-0.25, -0.2) is 13.8 Å². The number of aliphatic imine (C=N–C) groups is 1. The molecular weight excluding hydrogens is 500 g/mol. The Morgan fingerprint density at radius 3 is 2.62 bits per heavy atom. The molecule has 0 unspecified atom stereocenters. The summed E-state index contributed by atoms with van der Waals surface area (Å²) >= 11 is 0. The van der Waals surface area contributed by atoms with Gasteiger partial charge in [0.2, 0.25) is 5.91 Å². The lowest BCUT2D eigenvalue weighted by Crippen LogP contribution is -2.43. The van der Waals surface area contributed by atoms with Crippen molar-refractivity contribution < 1.29 is 18.4 Å². The predicted octanol–water partition coefficient (Wildman–Crippen LogP) is 4.57. The van der Waals surface area contributed by atoms with Crippen LogP contribution in [-0.2, 0) is 33.5 Å². The van der Waals surface area contributed by atoms with Crippen LogP contribution in [0.3, 0.4) is 0 Å². The predicted molar refractivity (Wildman–Crippen MR) is 143 cm³/mol. The zero-order valence-corrected chi connectivity index (χ0v) is 21.8. The number of nitrogens with one attached hydrogen (secondary N) is 1. The Balaban J connectivity index is 1.25. The maximum atomic E-state index is 14.1. The van der Waals surface area contributed by atoms with Gasteiger partial charge < -0.3 is 10.2 Å². The molecule has 2 atom stereocenters. The molecule has 2 aromatic heterocycles. The number of benzene rings is 1. The molecule has 39 heavy (non-hydrogen) atoms. The van der Waals surface area contributed by atoms with Crippen molar-refractivity contribution in [1.29, 1.82) is 0 Å². The van der Waals surface area contributed by atoms with Gasteiger partial charge >= 0.3 is 0 Å². The maximum Gasteiger partial charge on any atom is 0.270 e. The highest BCUT2D eigenvalue weighted by Gasteiger charge is 2.51. The van der Waals surface area contributed by atoms with Crippen LogP contribution >= 0.6 is 0 Å². The first kappa shape index (κ1) is 25.0. The third kappa shape index (κ3) is 3.95. The summed E-state index contributed by atoms with van der Waals surface area (Å²) in [7, 11) is 0. The van der Waals surface area contributed by atoms with E-state index in [1.54, 1.807) is 19.3 Å². The van der Waals surface area contributed by atoms with Gasteiger partial charge in [-0.05, 0) is 48.7 Å². The molecule has 0 fully saturated rings. The number of rotatable bonds is 5. The molecule has 0 saturated heterocycles. The summed E-state index contributed by atoms with van der Waals surface area (Å²) in [6.07, 6.45) is 8.12. The molecule has 0 bridgehead atoms. The van der Waals surface area contributed by atoms with Crippen molar-refractivity contribution >= 4 is 29.4 Å². The van der Waals surface area contributed by atoms with Crippen LogP contribution in [0.15, 0.2) is 59.9 Å². The second-order valence-corrected chi connectivity index (χ2v) is 10.8. The molecule has 1 N–H and O–H groups in total. The quantitative estimate of drug-likeness (QED) is 0.527. The number of fused-ring (bicyclic) bond motifs is 3. The molecule has 6 rings (SSSR count). The molecule has 1 aromatic carbocycles. The lowest BCUT2D eigenvalue weighted by molar-refractivity contribution is -0.127. The number of pyridine rings is 2. The first-order chi connectivity index (χ1) is 18.6. The molecule has 2 aliphatic heterocycles. The molecule has 1 aliphatic carbocycles. The lowest BCUT2D eigenvalue weighted by Gasteiger charge is -2.33. The molecular formula is C30H27F2N5O2. The summed E-state index contributed by atoms with van der Waals surface area (Å²) < 4.78 is 28.2. The van der Waals surface area contributed by atoms with E-state index in [-0.39, 0.29) is 29.8 Å². The number of aromatic nitrogens is 2. The van der Waals surface area contributed by atoms with E-state index in [1.165, 1.54) is 17.0 Å². The first-order valence-electron chi connectivity index (χ1n) is 12.9.